The zero-order chi connectivity index (χ0) is 13.2. The van der Waals surface area contributed by atoms with Crippen LogP contribution in [0.25, 0.3) is 0 Å². The first-order valence-corrected chi connectivity index (χ1v) is 6.50. The summed E-state index contributed by atoms with van der Waals surface area (Å²) in [6.45, 7) is 0. The molecule has 2 nitrogen and oxygen atoms in total. The SMILES string of the molecule is COC(=O)C1[C@@H](c2ccccc2)[C@H]1c1ccccc1. The molecule has 2 aromatic carbocycles. The summed E-state index contributed by atoms with van der Waals surface area (Å²) in [5.74, 6) is 0.338. The highest BCUT2D eigenvalue weighted by Gasteiger charge is 2.56. The lowest BCUT2D eigenvalue weighted by atomic mass is 10.0. The maximum atomic E-state index is 11.9. The number of hydrogen-bond donors (Lipinski definition) is 0. The van der Waals surface area contributed by atoms with Crippen LogP contribution in [0.2, 0.25) is 0 Å². The van der Waals surface area contributed by atoms with Crippen LogP contribution in [0.5, 0.6) is 0 Å². The number of benzene rings is 2. The topological polar surface area (TPSA) is 26.3 Å². The van der Waals surface area contributed by atoms with E-state index in [2.05, 4.69) is 24.3 Å². The predicted molar refractivity (Wildman–Crippen MR) is 73.9 cm³/mol. The molecule has 0 amide bonds. The highest BCUT2D eigenvalue weighted by molar-refractivity contribution is 5.80. The van der Waals surface area contributed by atoms with Crippen LogP contribution in [0.3, 0.4) is 0 Å². The number of methoxy groups -OCH3 is 1. The van der Waals surface area contributed by atoms with Crippen LogP contribution >= 0.6 is 0 Å². The fourth-order valence-electron chi connectivity index (χ4n) is 2.92. The zero-order valence-corrected chi connectivity index (χ0v) is 10.8. The molecule has 2 aromatic rings. The van der Waals surface area contributed by atoms with Crippen LogP contribution in [0.15, 0.2) is 60.7 Å². The summed E-state index contributed by atoms with van der Waals surface area (Å²) in [6.07, 6.45) is 0. The Morgan fingerprint density at radius 3 is 1.63 bits per heavy atom. The van der Waals surface area contributed by atoms with Gasteiger partial charge in [-0.15, -0.1) is 0 Å². The van der Waals surface area contributed by atoms with E-state index in [0.717, 1.165) is 0 Å². The monoisotopic (exact) mass is 252 g/mol. The van der Waals surface area contributed by atoms with Crippen molar-refractivity contribution in [1.82, 2.24) is 0 Å². The molecule has 0 N–H and O–H groups in total. The Labute approximate surface area is 113 Å². The second-order valence-corrected chi connectivity index (χ2v) is 4.92. The summed E-state index contributed by atoms with van der Waals surface area (Å²) in [5, 5.41) is 0. The molecule has 0 saturated heterocycles. The van der Waals surface area contributed by atoms with E-state index in [-0.39, 0.29) is 23.7 Å². The molecule has 1 fully saturated rings. The van der Waals surface area contributed by atoms with Gasteiger partial charge in [-0.05, 0) is 11.1 Å². The van der Waals surface area contributed by atoms with Crippen LogP contribution in [0, 0.1) is 5.92 Å². The van der Waals surface area contributed by atoms with Crippen LogP contribution in [0.1, 0.15) is 23.0 Å². The van der Waals surface area contributed by atoms with Gasteiger partial charge < -0.3 is 4.74 Å². The average molecular weight is 252 g/mol. The number of hydrogen-bond acceptors (Lipinski definition) is 2. The van der Waals surface area contributed by atoms with E-state index < -0.39 is 0 Å². The summed E-state index contributed by atoms with van der Waals surface area (Å²) in [7, 11) is 1.46. The Morgan fingerprint density at radius 2 is 1.26 bits per heavy atom. The van der Waals surface area contributed by atoms with Gasteiger partial charge in [0.1, 0.15) is 0 Å². The van der Waals surface area contributed by atoms with Gasteiger partial charge in [-0.25, -0.2) is 0 Å². The quantitative estimate of drug-likeness (QED) is 0.783. The molecular formula is C17H16O2. The first-order valence-electron chi connectivity index (χ1n) is 6.50. The Balaban J connectivity index is 1.93. The van der Waals surface area contributed by atoms with Crippen molar-refractivity contribution in [3.8, 4) is 0 Å². The molecule has 1 unspecified atom stereocenters. The maximum Gasteiger partial charge on any atom is 0.309 e. The third-order valence-corrected chi connectivity index (χ3v) is 3.86. The molecule has 1 aliphatic rings. The van der Waals surface area contributed by atoms with Gasteiger partial charge in [-0.1, -0.05) is 60.7 Å². The van der Waals surface area contributed by atoms with E-state index in [4.69, 9.17) is 4.74 Å². The molecule has 0 aliphatic heterocycles. The van der Waals surface area contributed by atoms with Crippen molar-refractivity contribution < 1.29 is 9.53 Å². The molecule has 0 spiro atoms. The summed E-state index contributed by atoms with van der Waals surface area (Å²) in [5.41, 5.74) is 2.43. The molecule has 1 aliphatic carbocycles. The number of rotatable bonds is 3. The molecule has 3 rings (SSSR count). The maximum absolute atomic E-state index is 11.9. The molecule has 0 radical (unpaired) electrons. The molecule has 2 heteroatoms. The Hall–Kier alpha value is -2.09. The van der Waals surface area contributed by atoms with Crippen molar-refractivity contribution in [3.63, 3.8) is 0 Å². The first kappa shape index (κ1) is 12.0. The molecular weight excluding hydrogens is 236 g/mol. The van der Waals surface area contributed by atoms with E-state index >= 15 is 0 Å². The lowest BCUT2D eigenvalue weighted by Crippen LogP contribution is -2.05. The van der Waals surface area contributed by atoms with E-state index in [9.17, 15) is 4.79 Å². The van der Waals surface area contributed by atoms with Gasteiger partial charge in [0, 0.05) is 11.8 Å². The van der Waals surface area contributed by atoms with Gasteiger partial charge in [0.15, 0.2) is 0 Å². The van der Waals surface area contributed by atoms with Gasteiger partial charge in [0.2, 0.25) is 0 Å². The number of ether oxygens (including phenoxy) is 1. The fraction of sp³-hybridized carbons (Fsp3) is 0.235. The normalized spacial score (nSPS) is 24.8. The van der Waals surface area contributed by atoms with Crippen LogP contribution in [-0.2, 0) is 9.53 Å². The summed E-state index contributed by atoms with van der Waals surface area (Å²) in [6, 6.07) is 20.4. The first-order chi connectivity index (χ1) is 9.33. The third-order valence-electron chi connectivity index (χ3n) is 3.86. The van der Waals surface area contributed by atoms with Gasteiger partial charge in [0.05, 0.1) is 13.0 Å². The minimum absolute atomic E-state index is 0.0465. The lowest BCUT2D eigenvalue weighted by molar-refractivity contribution is -0.142. The zero-order valence-electron chi connectivity index (χ0n) is 10.8. The smallest absolute Gasteiger partial charge is 0.309 e. The van der Waals surface area contributed by atoms with Crippen LogP contribution < -0.4 is 0 Å². The van der Waals surface area contributed by atoms with Crippen molar-refractivity contribution in [1.29, 1.82) is 0 Å². The third kappa shape index (κ3) is 2.14. The van der Waals surface area contributed by atoms with E-state index in [1.165, 1.54) is 18.2 Å². The molecule has 0 aromatic heterocycles. The Bertz CT molecular complexity index is 517. The molecule has 0 bridgehead atoms. The van der Waals surface area contributed by atoms with Gasteiger partial charge >= 0.3 is 5.97 Å². The summed E-state index contributed by atoms with van der Waals surface area (Å²) < 4.78 is 4.94. The second kappa shape index (κ2) is 4.88. The van der Waals surface area contributed by atoms with Gasteiger partial charge in [-0.2, -0.15) is 0 Å². The number of carbonyl (C=O) groups excluding carboxylic acids is 1. The molecule has 3 atom stereocenters. The van der Waals surface area contributed by atoms with Crippen molar-refractivity contribution in [2.24, 2.45) is 5.92 Å². The number of carbonyl (C=O) groups is 1. The molecule has 96 valence electrons. The largest absolute Gasteiger partial charge is 0.469 e. The van der Waals surface area contributed by atoms with Gasteiger partial charge in [-0.3, -0.25) is 4.79 Å². The van der Waals surface area contributed by atoms with Crippen molar-refractivity contribution >= 4 is 5.97 Å². The number of esters is 1. The lowest BCUT2D eigenvalue weighted by Gasteiger charge is -1.99. The van der Waals surface area contributed by atoms with E-state index in [1.54, 1.807) is 0 Å². The fourth-order valence-corrected chi connectivity index (χ4v) is 2.92. The van der Waals surface area contributed by atoms with Gasteiger partial charge in [0.25, 0.3) is 0 Å². The average Bonchev–Trinajstić information content (AvgIpc) is 3.24. The highest BCUT2D eigenvalue weighted by atomic mass is 16.5. The second-order valence-electron chi connectivity index (χ2n) is 4.92. The van der Waals surface area contributed by atoms with Crippen LogP contribution in [-0.4, -0.2) is 13.1 Å². The van der Waals surface area contributed by atoms with Crippen molar-refractivity contribution in [2.45, 2.75) is 11.8 Å². The molecule has 19 heavy (non-hydrogen) atoms. The molecule has 0 heterocycles. The molecule has 1 saturated carbocycles. The summed E-state index contributed by atoms with van der Waals surface area (Å²) >= 11 is 0. The van der Waals surface area contributed by atoms with E-state index in [0.29, 0.717) is 0 Å². The summed E-state index contributed by atoms with van der Waals surface area (Å²) in [4.78, 5) is 11.9. The minimum atomic E-state index is -0.109. The Kier molecular flexibility index (Phi) is 3.08. The standard InChI is InChI=1S/C17H16O2/c1-19-17(18)16-14(12-8-4-2-5-9-12)15(16)13-10-6-3-7-11-13/h2-11,14-16H,1H3/t14-,15+,16?. The van der Waals surface area contributed by atoms with Crippen LogP contribution in [0.4, 0.5) is 0 Å². The van der Waals surface area contributed by atoms with E-state index in [1.807, 2.05) is 36.4 Å². The van der Waals surface area contributed by atoms with Crippen molar-refractivity contribution in [3.05, 3.63) is 71.8 Å². The Morgan fingerprint density at radius 1 is 0.842 bits per heavy atom. The minimum Gasteiger partial charge on any atom is -0.469 e. The predicted octanol–water partition coefficient (Wildman–Crippen LogP) is 3.36. The van der Waals surface area contributed by atoms with Crippen molar-refractivity contribution in [2.75, 3.05) is 7.11 Å². The highest BCUT2D eigenvalue weighted by Crippen LogP contribution is 2.60.